The third-order valence-electron chi connectivity index (χ3n) is 2.23. The molecule has 18 heavy (non-hydrogen) atoms. The number of nitrogens with one attached hydrogen (secondary N) is 2. The van der Waals surface area contributed by atoms with Crippen molar-refractivity contribution in [2.75, 3.05) is 12.4 Å². The molecule has 94 valence electrons. The molecule has 0 bridgehead atoms. The van der Waals surface area contributed by atoms with Crippen molar-refractivity contribution in [3.05, 3.63) is 47.9 Å². The summed E-state index contributed by atoms with van der Waals surface area (Å²) in [6, 6.07) is 4.79. The highest BCUT2D eigenvalue weighted by atomic mass is 19.1. The molecule has 0 amide bonds. The third kappa shape index (κ3) is 2.98. The molecular weight excluding hydrogens is 238 g/mol. The van der Waals surface area contributed by atoms with Gasteiger partial charge in [0, 0.05) is 12.3 Å². The van der Waals surface area contributed by atoms with Gasteiger partial charge in [-0.15, -0.1) is 0 Å². The molecule has 0 aliphatic carbocycles. The van der Waals surface area contributed by atoms with E-state index in [2.05, 4.69) is 20.6 Å². The van der Waals surface area contributed by atoms with Crippen LogP contribution in [0.5, 0.6) is 0 Å². The minimum atomic E-state index is -0.537. The lowest BCUT2D eigenvalue weighted by Gasteiger charge is -2.07. The van der Waals surface area contributed by atoms with Crippen LogP contribution < -0.4 is 10.6 Å². The Morgan fingerprint density at radius 1 is 1.22 bits per heavy atom. The van der Waals surface area contributed by atoms with E-state index in [9.17, 15) is 8.78 Å². The van der Waals surface area contributed by atoms with Crippen molar-refractivity contribution in [1.82, 2.24) is 15.3 Å². The lowest BCUT2D eigenvalue weighted by Crippen LogP contribution is -2.09. The Labute approximate surface area is 103 Å². The molecule has 1 aromatic heterocycles. The first kappa shape index (κ1) is 12.4. The number of anilines is 2. The molecule has 0 saturated carbocycles. The molecule has 0 aliphatic rings. The zero-order chi connectivity index (χ0) is 13.0. The molecule has 1 aromatic carbocycles. The third-order valence-corrected chi connectivity index (χ3v) is 2.23. The largest absolute Gasteiger partial charge is 0.338 e. The van der Waals surface area contributed by atoms with Crippen molar-refractivity contribution < 1.29 is 8.78 Å². The van der Waals surface area contributed by atoms with Crippen molar-refractivity contribution in [1.29, 1.82) is 0 Å². The molecule has 0 unspecified atom stereocenters. The van der Waals surface area contributed by atoms with E-state index >= 15 is 0 Å². The number of halogens is 2. The second-order valence-corrected chi connectivity index (χ2v) is 3.64. The SMILES string of the molecule is CNCc1nccc(Nc2cc(F)ccc2F)n1. The number of rotatable bonds is 4. The van der Waals surface area contributed by atoms with Crippen LogP contribution in [0.15, 0.2) is 30.5 Å². The van der Waals surface area contributed by atoms with Gasteiger partial charge in [-0.25, -0.2) is 18.7 Å². The quantitative estimate of drug-likeness (QED) is 0.873. The topological polar surface area (TPSA) is 49.8 Å². The van der Waals surface area contributed by atoms with Gasteiger partial charge in [-0.2, -0.15) is 0 Å². The second-order valence-electron chi connectivity index (χ2n) is 3.64. The van der Waals surface area contributed by atoms with Crippen molar-refractivity contribution >= 4 is 11.5 Å². The van der Waals surface area contributed by atoms with Gasteiger partial charge in [-0.1, -0.05) is 0 Å². The van der Waals surface area contributed by atoms with Crippen LogP contribution in [0.3, 0.4) is 0 Å². The Balaban J connectivity index is 2.22. The van der Waals surface area contributed by atoms with E-state index < -0.39 is 11.6 Å². The fourth-order valence-electron chi connectivity index (χ4n) is 1.44. The maximum absolute atomic E-state index is 13.4. The summed E-state index contributed by atoms with van der Waals surface area (Å²) >= 11 is 0. The monoisotopic (exact) mass is 250 g/mol. The Morgan fingerprint density at radius 2 is 2.06 bits per heavy atom. The standard InChI is InChI=1S/C12H12F2N4/c1-15-7-12-16-5-4-11(18-12)17-10-6-8(13)2-3-9(10)14/h2-6,15H,7H2,1H3,(H,16,17,18). The Morgan fingerprint density at radius 3 is 2.83 bits per heavy atom. The number of hydrogen-bond acceptors (Lipinski definition) is 4. The predicted octanol–water partition coefficient (Wildman–Crippen LogP) is 2.22. The van der Waals surface area contributed by atoms with Gasteiger partial charge in [0.1, 0.15) is 23.3 Å². The fourth-order valence-corrected chi connectivity index (χ4v) is 1.44. The number of nitrogens with zero attached hydrogens (tertiary/aromatic N) is 2. The van der Waals surface area contributed by atoms with Crippen LogP contribution in [-0.2, 0) is 6.54 Å². The maximum Gasteiger partial charge on any atom is 0.146 e. The first-order valence-electron chi connectivity index (χ1n) is 5.37. The van der Waals surface area contributed by atoms with Crippen molar-refractivity contribution in [2.45, 2.75) is 6.54 Å². The maximum atomic E-state index is 13.4. The highest BCUT2D eigenvalue weighted by Gasteiger charge is 2.05. The first-order chi connectivity index (χ1) is 8.69. The van der Waals surface area contributed by atoms with E-state index in [0.29, 0.717) is 18.2 Å². The Hall–Kier alpha value is -2.08. The molecule has 2 N–H and O–H groups in total. The summed E-state index contributed by atoms with van der Waals surface area (Å²) < 4.78 is 26.4. The van der Waals surface area contributed by atoms with E-state index in [4.69, 9.17) is 0 Å². The summed E-state index contributed by atoms with van der Waals surface area (Å²) in [6.07, 6.45) is 1.55. The van der Waals surface area contributed by atoms with Gasteiger partial charge in [0.15, 0.2) is 0 Å². The first-order valence-corrected chi connectivity index (χ1v) is 5.37. The molecule has 0 spiro atoms. The lowest BCUT2D eigenvalue weighted by atomic mass is 10.3. The minimum Gasteiger partial charge on any atom is -0.338 e. The minimum absolute atomic E-state index is 0.0455. The molecule has 1 heterocycles. The average Bonchev–Trinajstić information content (AvgIpc) is 2.35. The van der Waals surface area contributed by atoms with E-state index in [1.54, 1.807) is 19.3 Å². The van der Waals surface area contributed by atoms with E-state index in [0.717, 1.165) is 18.2 Å². The van der Waals surface area contributed by atoms with Crippen molar-refractivity contribution in [2.24, 2.45) is 0 Å². The lowest BCUT2D eigenvalue weighted by molar-refractivity contribution is 0.603. The van der Waals surface area contributed by atoms with Crippen molar-refractivity contribution in [3.63, 3.8) is 0 Å². The van der Waals surface area contributed by atoms with Crippen molar-refractivity contribution in [3.8, 4) is 0 Å². The predicted molar refractivity (Wildman–Crippen MR) is 64.4 cm³/mol. The normalized spacial score (nSPS) is 10.4. The summed E-state index contributed by atoms with van der Waals surface area (Å²) in [7, 11) is 1.77. The van der Waals surface area contributed by atoms with Crippen LogP contribution in [-0.4, -0.2) is 17.0 Å². The zero-order valence-corrected chi connectivity index (χ0v) is 9.74. The smallest absolute Gasteiger partial charge is 0.146 e. The molecular formula is C12H12F2N4. The summed E-state index contributed by atoms with van der Waals surface area (Å²) in [5, 5.41) is 5.63. The molecule has 0 aliphatic heterocycles. The molecule has 0 atom stereocenters. The Kier molecular flexibility index (Phi) is 3.78. The molecule has 0 fully saturated rings. The Bertz CT molecular complexity index is 545. The van der Waals surface area contributed by atoms with E-state index in [1.165, 1.54) is 0 Å². The summed E-state index contributed by atoms with van der Waals surface area (Å²) in [5.41, 5.74) is 0.0455. The second kappa shape index (κ2) is 5.50. The zero-order valence-electron chi connectivity index (χ0n) is 9.74. The summed E-state index contributed by atoms with van der Waals surface area (Å²) in [4.78, 5) is 8.18. The van der Waals surface area contributed by atoms with Crippen LogP contribution in [0.25, 0.3) is 0 Å². The average molecular weight is 250 g/mol. The van der Waals surface area contributed by atoms with Gasteiger partial charge in [-0.3, -0.25) is 0 Å². The summed E-state index contributed by atoms with van der Waals surface area (Å²) in [5.74, 6) is -0.0624. The fraction of sp³-hybridized carbons (Fsp3) is 0.167. The van der Waals surface area contributed by atoms with E-state index in [-0.39, 0.29) is 5.69 Å². The molecule has 0 radical (unpaired) electrons. The van der Waals surface area contributed by atoms with Crippen LogP contribution in [0.4, 0.5) is 20.3 Å². The highest BCUT2D eigenvalue weighted by molar-refractivity contribution is 5.56. The molecule has 0 saturated heterocycles. The van der Waals surface area contributed by atoms with Gasteiger partial charge < -0.3 is 10.6 Å². The van der Waals surface area contributed by atoms with Crippen LogP contribution >= 0.6 is 0 Å². The molecule has 2 rings (SSSR count). The number of hydrogen-bond donors (Lipinski definition) is 2. The van der Waals surface area contributed by atoms with Gasteiger partial charge >= 0.3 is 0 Å². The molecule has 6 heteroatoms. The molecule has 2 aromatic rings. The van der Waals surface area contributed by atoms with Gasteiger partial charge in [0.05, 0.1) is 12.2 Å². The van der Waals surface area contributed by atoms with Crippen LogP contribution in [0.2, 0.25) is 0 Å². The van der Waals surface area contributed by atoms with Gasteiger partial charge in [0.2, 0.25) is 0 Å². The van der Waals surface area contributed by atoms with Gasteiger partial charge in [0.25, 0.3) is 0 Å². The number of aromatic nitrogens is 2. The highest BCUT2D eigenvalue weighted by Crippen LogP contribution is 2.19. The van der Waals surface area contributed by atoms with Crippen LogP contribution in [0.1, 0.15) is 5.82 Å². The number of benzene rings is 1. The summed E-state index contributed by atoms with van der Waals surface area (Å²) in [6.45, 7) is 0.501. The van der Waals surface area contributed by atoms with E-state index in [1.807, 2.05) is 0 Å². The van der Waals surface area contributed by atoms with Crippen LogP contribution in [0, 0.1) is 11.6 Å². The van der Waals surface area contributed by atoms with Gasteiger partial charge in [-0.05, 0) is 25.2 Å². The molecule has 4 nitrogen and oxygen atoms in total.